The summed E-state index contributed by atoms with van der Waals surface area (Å²) in [6.45, 7) is 3.65. The second-order valence-electron chi connectivity index (χ2n) is 5.20. The molecule has 2 aromatic carbocycles. The van der Waals surface area contributed by atoms with Gasteiger partial charge < -0.3 is 20.3 Å². The fourth-order valence-electron chi connectivity index (χ4n) is 2.12. The van der Waals surface area contributed by atoms with E-state index in [1.54, 1.807) is 0 Å². The van der Waals surface area contributed by atoms with E-state index >= 15 is 0 Å². The largest absolute Gasteiger partial charge is 0.506 e. The minimum atomic E-state index is -1.16. The van der Waals surface area contributed by atoms with E-state index in [2.05, 4.69) is 5.32 Å². The first-order valence-electron chi connectivity index (χ1n) is 6.92. The van der Waals surface area contributed by atoms with Gasteiger partial charge in [-0.15, -0.1) is 0 Å². The number of nitrogens with one attached hydrogen (secondary N) is 1. The highest BCUT2D eigenvalue weighted by Crippen LogP contribution is 2.24. The van der Waals surface area contributed by atoms with Gasteiger partial charge in [0.05, 0.1) is 11.3 Å². The summed E-state index contributed by atoms with van der Waals surface area (Å²) in [6.07, 6.45) is 0. The van der Waals surface area contributed by atoms with Gasteiger partial charge in [0, 0.05) is 0 Å². The zero-order chi connectivity index (χ0) is 17.0. The van der Waals surface area contributed by atoms with E-state index in [0.717, 1.165) is 17.2 Å². The molecule has 0 heterocycles. The van der Waals surface area contributed by atoms with Crippen LogP contribution in [0.3, 0.4) is 0 Å². The van der Waals surface area contributed by atoms with Crippen molar-refractivity contribution in [2.24, 2.45) is 0 Å². The predicted octanol–water partition coefficient (Wildman–Crippen LogP) is 2.72. The van der Waals surface area contributed by atoms with Gasteiger partial charge in [0.15, 0.2) is 6.61 Å². The average Bonchev–Trinajstić information content (AvgIpc) is 2.46. The number of anilines is 1. The summed E-state index contributed by atoms with van der Waals surface area (Å²) in [6, 6.07) is 9.33. The quantitative estimate of drug-likeness (QED) is 0.737. The van der Waals surface area contributed by atoms with E-state index in [1.165, 1.54) is 12.1 Å². The van der Waals surface area contributed by atoms with Crippen molar-refractivity contribution >= 4 is 17.6 Å². The first-order chi connectivity index (χ1) is 10.8. The summed E-state index contributed by atoms with van der Waals surface area (Å²) in [7, 11) is 0. The number of carbonyl (C=O) groups excluding carboxylic acids is 1. The Labute approximate surface area is 133 Å². The number of phenols is 1. The molecule has 0 unspecified atom stereocenters. The predicted molar refractivity (Wildman–Crippen MR) is 85.1 cm³/mol. The number of rotatable bonds is 5. The SMILES string of the molecule is Cc1cc(C)cc(OCC(=O)Nc2ccc(C(=O)O)cc2O)c1. The molecule has 0 radical (unpaired) electrons. The van der Waals surface area contributed by atoms with Gasteiger partial charge in [-0.05, 0) is 55.3 Å². The molecular weight excluding hydrogens is 298 g/mol. The van der Waals surface area contributed by atoms with Gasteiger partial charge in [-0.25, -0.2) is 4.79 Å². The molecule has 0 bridgehead atoms. The number of benzene rings is 2. The summed E-state index contributed by atoms with van der Waals surface area (Å²) < 4.78 is 5.42. The van der Waals surface area contributed by atoms with E-state index < -0.39 is 11.9 Å². The maximum atomic E-state index is 11.9. The number of carboxylic acids is 1. The van der Waals surface area contributed by atoms with Crippen molar-refractivity contribution in [1.29, 1.82) is 0 Å². The van der Waals surface area contributed by atoms with Crippen LogP contribution in [-0.4, -0.2) is 28.7 Å². The van der Waals surface area contributed by atoms with Crippen LogP contribution in [0.2, 0.25) is 0 Å². The molecule has 23 heavy (non-hydrogen) atoms. The third-order valence-electron chi connectivity index (χ3n) is 3.08. The van der Waals surface area contributed by atoms with Gasteiger partial charge in [0.1, 0.15) is 11.5 Å². The molecule has 6 heteroatoms. The molecule has 0 aliphatic rings. The van der Waals surface area contributed by atoms with Crippen molar-refractivity contribution < 1.29 is 24.5 Å². The Balaban J connectivity index is 1.98. The molecule has 0 spiro atoms. The molecule has 0 aliphatic heterocycles. The zero-order valence-corrected chi connectivity index (χ0v) is 12.8. The topological polar surface area (TPSA) is 95.9 Å². The molecule has 0 aliphatic carbocycles. The smallest absolute Gasteiger partial charge is 0.335 e. The van der Waals surface area contributed by atoms with E-state index in [0.29, 0.717) is 5.75 Å². The van der Waals surface area contributed by atoms with E-state index in [-0.39, 0.29) is 23.6 Å². The number of ether oxygens (including phenoxy) is 1. The van der Waals surface area contributed by atoms with Gasteiger partial charge in [-0.1, -0.05) is 6.07 Å². The monoisotopic (exact) mass is 315 g/mol. The second-order valence-corrected chi connectivity index (χ2v) is 5.20. The molecule has 0 saturated heterocycles. The fourth-order valence-corrected chi connectivity index (χ4v) is 2.12. The molecule has 0 aromatic heterocycles. The van der Waals surface area contributed by atoms with E-state index in [4.69, 9.17) is 9.84 Å². The lowest BCUT2D eigenvalue weighted by Crippen LogP contribution is -2.20. The van der Waals surface area contributed by atoms with Crippen molar-refractivity contribution in [3.05, 3.63) is 53.1 Å². The van der Waals surface area contributed by atoms with Crippen molar-refractivity contribution in [3.8, 4) is 11.5 Å². The van der Waals surface area contributed by atoms with Crippen LogP contribution < -0.4 is 10.1 Å². The molecule has 0 fully saturated rings. The average molecular weight is 315 g/mol. The van der Waals surface area contributed by atoms with E-state index in [9.17, 15) is 14.7 Å². The molecule has 2 aromatic rings. The first-order valence-corrected chi connectivity index (χ1v) is 6.92. The first kappa shape index (κ1) is 16.4. The summed E-state index contributed by atoms with van der Waals surface area (Å²) in [4.78, 5) is 22.6. The van der Waals surface area contributed by atoms with Gasteiger partial charge >= 0.3 is 5.97 Å². The fraction of sp³-hybridized carbons (Fsp3) is 0.176. The van der Waals surface area contributed by atoms with Gasteiger partial charge in [-0.3, -0.25) is 4.79 Å². The Hall–Kier alpha value is -3.02. The number of hydrogen-bond acceptors (Lipinski definition) is 4. The molecule has 0 saturated carbocycles. The number of aryl methyl sites for hydroxylation is 2. The van der Waals surface area contributed by atoms with Crippen LogP contribution in [0.4, 0.5) is 5.69 Å². The Morgan fingerprint density at radius 2 is 1.74 bits per heavy atom. The van der Waals surface area contributed by atoms with Gasteiger partial charge in [0.25, 0.3) is 5.91 Å². The van der Waals surface area contributed by atoms with Crippen LogP contribution in [0.25, 0.3) is 0 Å². The lowest BCUT2D eigenvalue weighted by atomic mass is 10.1. The van der Waals surface area contributed by atoms with Gasteiger partial charge in [0.2, 0.25) is 0 Å². The molecule has 3 N–H and O–H groups in total. The minimum Gasteiger partial charge on any atom is -0.506 e. The Morgan fingerprint density at radius 3 is 2.30 bits per heavy atom. The molecule has 2 rings (SSSR count). The number of aromatic hydroxyl groups is 1. The summed E-state index contributed by atoms with van der Waals surface area (Å²) >= 11 is 0. The van der Waals surface area contributed by atoms with Crippen LogP contribution in [0.1, 0.15) is 21.5 Å². The normalized spacial score (nSPS) is 10.2. The highest BCUT2D eigenvalue weighted by Gasteiger charge is 2.11. The van der Waals surface area contributed by atoms with Crippen molar-refractivity contribution in [2.45, 2.75) is 13.8 Å². The highest BCUT2D eigenvalue weighted by molar-refractivity contribution is 5.95. The third kappa shape index (κ3) is 4.47. The number of carboxylic acid groups (broad SMARTS) is 1. The zero-order valence-electron chi connectivity index (χ0n) is 12.8. The lowest BCUT2D eigenvalue weighted by Gasteiger charge is -2.10. The second kappa shape index (κ2) is 6.83. The Bertz CT molecular complexity index is 734. The number of phenolic OH excluding ortho intramolecular Hbond substituents is 1. The third-order valence-corrected chi connectivity index (χ3v) is 3.08. The number of carbonyl (C=O) groups is 2. The van der Waals surface area contributed by atoms with Crippen LogP contribution in [0.15, 0.2) is 36.4 Å². The molecular formula is C17H17NO5. The molecule has 0 atom stereocenters. The van der Waals surface area contributed by atoms with Crippen LogP contribution >= 0.6 is 0 Å². The van der Waals surface area contributed by atoms with E-state index in [1.807, 2.05) is 32.0 Å². The van der Waals surface area contributed by atoms with Crippen molar-refractivity contribution in [2.75, 3.05) is 11.9 Å². The van der Waals surface area contributed by atoms with Crippen LogP contribution in [-0.2, 0) is 4.79 Å². The maximum absolute atomic E-state index is 11.9. The Morgan fingerprint density at radius 1 is 1.09 bits per heavy atom. The highest BCUT2D eigenvalue weighted by atomic mass is 16.5. The van der Waals surface area contributed by atoms with Crippen LogP contribution in [0, 0.1) is 13.8 Å². The Kier molecular flexibility index (Phi) is 4.85. The van der Waals surface area contributed by atoms with Crippen molar-refractivity contribution in [1.82, 2.24) is 0 Å². The molecule has 120 valence electrons. The van der Waals surface area contributed by atoms with Crippen molar-refractivity contribution in [3.63, 3.8) is 0 Å². The number of amides is 1. The minimum absolute atomic E-state index is 0.0630. The number of hydrogen-bond donors (Lipinski definition) is 3. The summed E-state index contributed by atoms with van der Waals surface area (Å²) in [5.41, 5.74) is 2.13. The standard InChI is InChI=1S/C17H17NO5/c1-10-5-11(2)7-13(6-10)23-9-16(20)18-14-4-3-12(17(21)22)8-15(14)19/h3-8,19H,9H2,1-2H3,(H,18,20)(H,21,22). The molecule has 6 nitrogen and oxygen atoms in total. The van der Waals surface area contributed by atoms with Crippen LogP contribution in [0.5, 0.6) is 11.5 Å². The summed E-state index contributed by atoms with van der Waals surface area (Å²) in [5.74, 6) is -1.34. The summed E-state index contributed by atoms with van der Waals surface area (Å²) in [5, 5.41) is 21.0. The lowest BCUT2D eigenvalue weighted by molar-refractivity contribution is -0.118. The molecule has 1 amide bonds. The maximum Gasteiger partial charge on any atom is 0.335 e. The number of aromatic carboxylic acids is 1. The van der Waals surface area contributed by atoms with Gasteiger partial charge in [-0.2, -0.15) is 0 Å².